The van der Waals surface area contributed by atoms with Crippen molar-refractivity contribution >= 4 is 18.3 Å². The van der Waals surface area contributed by atoms with E-state index >= 15 is 0 Å². The van der Waals surface area contributed by atoms with Crippen LogP contribution in [0.3, 0.4) is 0 Å². The van der Waals surface area contributed by atoms with E-state index in [2.05, 4.69) is 29.6 Å². The zero-order valence-electron chi connectivity index (χ0n) is 7.27. The summed E-state index contributed by atoms with van der Waals surface area (Å²) in [6, 6.07) is 4.02. The predicted octanol–water partition coefficient (Wildman–Crippen LogP) is 1.84. The maximum atomic E-state index is 4.17. The minimum atomic E-state index is 0.940. The number of aromatic nitrogens is 1. The molecule has 0 aliphatic heterocycles. The van der Waals surface area contributed by atoms with Gasteiger partial charge in [0.15, 0.2) is 0 Å². The first kappa shape index (κ1) is 9.39. The maximum absolute atomic E-state index is 4.17. The lowest BCUT2D eigenvalue weighted by atomic mass is 10.3. The minimum absolute atomic E-state index is 0.940. The molecule has 0 amide bonds. The Balaban J connectivity index is 2.48. The van der Waals surface area contributed by atoms with E-state index in [0.29, 0.717) is 0 Å². The molecular weight excluding hydrogens is 168 g/mol. The van der Waals surface area contributed by atoms with Gasteiger partial charge in [0, 0.05) is 31.7 Å². The first-order valence-electron chi connectivity index (χ1n) is 4.06. The quantitative estimate of drug-likeness (QED) is 0.715. The van der Waals surface area contributed by atoms with Crippen molar-refractivity contribution < 1.29 is 0 Å². The Morgan fingerprint density at radius 1 is 1.42 bits per heavy atom. The van der Waals surface area contributed by atoms with Gasteiger partial charge in [-0.15, -0.1) is 0 Å². The van der Waals surface area contributed by atoms with E-state index in [-0.39, 0.29) is 0 Å². The second-order valence-corrected chi connectivity index (χ2v) is 3.15. The van der Waals surface area contributed by atoms with Crippen molar-refractivity contribution in [3.8, 4) is 0 Å². The number of anilines is 1. The van der Waals surface area contributed by atoms with Crippen molar-refractivity contribution in [2.75, 3.05) is 24.2 Å². The average molecular weight is 182 g/mol. The summed E-state index contributed by atoms with van der Waals surface area (Å²) in [5, 5.41) is 0. The van der Waals surface area contributed by atoms with Crippen LogP contribution < -0.4 is 4.90 Å². The fourth-order valence-electron chi connectivity index (χ4n) is 1.04. The minimum Gasteiger partial charge on any atom is -0.374 e. The molecule has 0 atom stereocenters. The lowest BCUT2D eigenvalue weighted by molar-refractivity contribution is 0.860. The summed E-state index contributed by atoms with van der Waals surface area (Å²) in [5.74, 6) is 0.940. The summed E-state index contributed by atoms with van der Waals surface area (Å²) in [6.45, 7) is 1.05. The van der Waals surface area contributed by atoms with Crippen LogP contribution in [0.15, 0.2) is 24.5 Å². The molecule has 12 heavy (non-hydrogen) atoms. The number of hydrogen-bond donors (Lipinski definition) is 1. The highest BCUT2D eigenvalue weighted by Gasteiger charge is 1.97. The Morgan fingerprint density at radius 3 is 2.67 bits per heavy atom. The summed E-state index contributed by atoms with van der Waals surface area (Å²) in [6.07, 6.45) is 4.74. The average Bonchev–Trinajstić information content (AvgIpc) is 2.15. The first-order chi connectivity index (χ1) is 5.84. The normalized spacial score (nSPS) is 9.83. The number of thiol groups is 1. The van der Waals surface area contributed by atoms with Crippen LogP contribution in [0.4, 0.5) is 5.69 Å². The van der Waals surface area contributed by atoms with Gasteiger partial charge in [0.2, 0.25) is 0 Å². The predicted molar refractivity (Wildman–Crippen MR) is 56.0 cm³/mol. The fraction of sp³-hybridized carbons (Fsp3) is 0.444. The van der Waals surface area contributed by atoms with Crippen LogP contribution in [0, 0.1) is 0 Å². The van der Waals surface area contributed by atoms with Gasteiger partial charge in [-0.2, -0.15) is 12.6 Å². The highest BCUT2D eigenvalue weighted by atomic mass is 32.1. The van der Waals surface area contributed by atoms with Crippen molar-refractivity contribution in [1.82, 2.24) is 4.98 Å². The number of hydrogen-bond acceptors (Lipinski definition) is 3. The molecule has 1 rings (SSSR count). The van der Waals surface area contributed by atoms with Crippen LogP contribution in [0.25, 0.3) is 0 Å². The number of nitrogens with zero attached hydrogens (tertiary/aromatic N) is 2. The molecule has 66 valence electrons. The molecule has 1 heterocycles. The van der Waals surface area contributed by atoms with E-state index in [1.807, 2.05) is 24.5 Å². The summed E-state index contributed by atoms with van der Waals surface area (Å²) in [7, 11) is 2.08. The Morgan fingerprint density at radius 2 is 2.08 bits per heavy atom. The van der Waals surface area contributed by atoms with Crippen molar-refractivity contribution in [3.05, 3.63) is 24.5 Å². The van der Waals surface area contributed by atoms with Crippen LogP contribution in [0.2, 0.25) is 0 Å². The van der Waals surface area contributed by atoms with Gasteiger partial charge in [0.25, 0.3) is 0 Å². The van der Waals surface area contributed by atoms with Gasteiger partial charge >= 0.3 is 0 Å². The fourth-order valence-corrected chi connectivity index (χ4v) is 1.18. The van der Waals surface area contributed by atoms with Crippen molar-refractivity contribution in [2.45, 2.75) is 6.42 Å². The first-order valence-corrected chi connectivity index (χ1v) is 4.70. The van der Waals surface area contributed by atoms with E-state index in [1.54, 1.807) is 0 Å². The maximum Gasteiger partial charge on any atom is 0.0394 e. The Labute approximate surface area is 79.0 Å². The monoisotopic (exact) mass is 182 g/mol. The van der Waals surface area contributed by atoms with Gasteiger partial charge in [-0.25, -0.2) is 0 Å². The van der Waals surface area contributed by atoms with Gasteiger partial charge in [-0.1, -0.05) is 0 Å². The number of rotatable bonds is 4. The molecule has 1 aromatic rings. The van der Waals surface area contributed by atoms with E-state index in [4.69, 9.17) is 0 Å². The van der Waals surface area contributed by atoms with Gasteiger partial charge in [0.1, 0.15) is 0 Å². The largest absolute Gasteiger partial charge is 0.374 e. The molecule has 0 radical (unpaired) electrons. The van der Waals surface area contributed by atoms with Crippen LogP contribution in [0.5, 0.6) is 0 Å². The number of pyridine rings is 1. The molecule has 0 aliphatic rings. The van der Waals surface area contributed by atoms with E-state index < -0.39 is 0 Å². The van der Waals surface area contributed by atoms with Gasteiger partial charge in [-0.05, 0) is 24.3 Å². The van der Waals surface area contributed by atoms with Gasteiger partial charge < -0.3 is 4.90 Å². The highest BCUT2D eigenvalue weighted by molar-refractivity contribution is 7.80. The summed E-state index contributed by atoms with van der Waals surface area (Å²) < 4.78 is 0. The molecule has 0 aliphatic carbocycles. The zero-order valence-corrected chi connectivity index (χ0v) is 8.17. The second-order valence-electron chi connectivity index (χ2n) is 2.70. The van der Waals surface area contributed by atoms with E-state index in [9.17, 15) is 0 Å². The third kappa shape index (κ3) is 2.74. The molecule has 0 saturated heterocycles. The molecular formula is C9H14N2S. The Bertz CT molecular complexity index is 213. The Hall–Kier alpha value is -0.700. The second kappa shape index (κ2) is 5.04. The van der Waals surface area contributed by atoms with Crippen molar-refractivity contribution in [3.63, 3.8) is 0 Å². The molecule has 3 heteroatoms. The molecule has 2 nitrogen and oxygen atoms in total. The third-order valence-corrected chi connectivity index (χ3v) is 2.07. The summed E-state index contributed by atoms with van der Waals surface area (Å²) >= 11 is 4.17. The lowest BCUT2D eigenvalue weighted by Gasteiger charge is -2.17. The summed E-state index contributed by atoms with van der Waals surface area (Å²) in [4.78, 5) is 6.17. The molecule has 1 aromatic heterocycles. The molecule has 0 N–H and O–H groups in total. The smallest absolute Gasteiger partial charge is 0.0394 e. The van der Waals surface area contributed by atoms with E-state index in [1.165, 1.54) is 5.69 Å². The molecule has 0 unspecified atom stereocenters. The van der Waals surface area contributed by atoms with E-state index in [0.717, 1.165) is 18.7 Å². The van der Waals surface area contributed by atoms with Crippen LogP contribution >= 0.6 is 12.6 Å². The zero-order chi connectivity index (χ0) is 8.81. The molecule has 0 fully saturated rings. The molecule has 0 aromatic carbocycles. The van der Waals surface area contributed by atoms with Gasteiger partial charge in [-0.3, -0.25) is 4.98 Å². The molecule has 0 bridgehead atoms. The standard InChI is InChI=1S/C9H14N2S/c1-11(7-2-8-12)9-3-5-10-6-4-9/h3-6,12H,2,7-8H2,1H3. The van der Waals surface area contributed by atoms with Gasteiger partial charge in [0.05, 0.1) is 0 Å². The summed E-state index contributed by atoms with van der Waals surface area (Å²) in [5.41, 5.74) is 1.21. The SMILES string of the molecule is CN(CCCS)c1ccncc1. The van der Waals surface area contributed by atoms with Crippen LogP contribution in [0.1, 0.15) is 6.42 Å². The lowest BCUT2D eigenvalue weighted by Crippen LogP contribution is -2.18. The highest BCUT2D eigenvalue weighted by Crippen LogP contribution is 2.09. The molecule has 0 spiro atoms. The Kier molecular flexibility index (Phi) is 3.94. The van der Waals surface area contributed by atoms with Crippen LogP contribution in [-0.4, -0.2) is 24.3 Å². The topological polar surface area (TPSA) is 16.1 Å². The van der Waals surface area contributed by atoms with Crippen molar-refractivity contribution in [1.29, 1.82) is 0 Å². The van der Waals surface area contributed by atoms with Crippen LogP contribution in [-0.2, 0) is 0 Å². The van der Waals surface area contributed by atoms with Crippen molar-refractivity contribution in [2.24, 2.45) is 0 Å². The molecule has 0 saturated carbocycles. The third-order valence-electron chi connectivity index (χ3n) is 1.76.